The summed E-state index contributed by atoms with van der Waals surface area (Å²) in [6.07, 6.45) is 2.03. The first-order valence-corrected chi connectivity index (χ1v) is 4.60. The van der Waals surface area contributed by atoms with Crippen molar-refractivity contribution in [3.8, 4) is 0 Å². The van der Waals surface area contributed by atoms with E-state index in [1.807, 2.05) is 29.8 Å². The fraction of sp³-hybridized carbons (Fsp3) is 0.200. The Morgan fingerprint density at radius 3 is 3.13 bits per heavy atom. The van der Waals surface area contributed by atoms with Gasteiger partial charge in [-0.3, -0.25) is 10.2 Å². The smallest absolute Gasteiger partial charge is 0.238 e. The summed E-state index contributed by atoms with van der Waals surface area (Å²) in [5.74, 6) is 4.81. The lowest BCUT2D eigenvalue weighted by atomic mass is 10.1. The lowest BCUT2D eigenvalue weighted by Gasteiger charge is -2.00. The predicted octanol–water partition coefficient (Wildman–Crippen LogP) is 0.106. The second-order valence-electron chi connectivity index (χ2n) is 3.42. The monoisotopic (exact) mass is 204 g/mol. The van der Waals surface area contributed by atoms with Gasteiger partial charge < -0.3 is 4.57 Å². The summed E-state index contributed by atoms with van der Waals surface area (Å²) < 4.78 is 1.93. The van der Waals surface area contributed by atoms with Crippen molar-refractivity contribution in [3.63, 3.8) is 0 Å². The zero-order chi connectivity index (χ0) is 10.8. The molecule has 1 aromatic heterocycles. The molecule has 0 bridgehead atoms. The van der Waals surface area contributed by atoms with Gasteiger partial charge in [-0.2, -0.15) is 0 Å². The highest BCUT2D eigenvalue weighted by Crippen LogP contribution is 2.13. The Hall–Kier alpha value is -1.88. The molecule has 2 aromatic rings. The van der Waals surface area contributed by atoms with Gasteiger partial charge in [0.15, 0.2) is 0 Å². The molecule has 0 aliphatic heterocycles. The highest BCUT2D eigenvalue weighted by Gasteiger charge is 2.04. The average Bonchev–Trinajstić information content (AvgIpc) is 2.60. The number of aryl methyl sites for hydroxylation is 1. The molecular weight excluding hydrogens is 192 g/mol. The number of amides is 1. The van der Waals surface area contributed by atoms with Crippen LogP contribution >= 0.6 is 0 Å². The third kappa shape index (κ3) is 1.82. The molecule has 15 heavy (non-hydrogen) atoms. The van der Waals surface area contributed by atoms with E-state index in [4.69, 9.17) is 5.84 Å². The van der Waals surface area contributed by atoms with Crippen LogP contribution < -0.4 is 11.3 Å². The minimum absolute atomic E-state index is 0.203. The number of nitrogens with zero attached hydrogens (tertiary/aromatic N) is 2. The maximum Gasteiger partial charge on any atom is 0.238 e. The second-order valence-corrected chi connectivity index (χ2v) is 3.42. The molecule has 0 saturated carbocycles. The molecule has 2 rings (SSSR count). The van der Waals surface area contributed by atoms with Crippen molar-refractivity contribution in [2.75, 3.05) is 0 Å². The number of benzene rings is 1. The van der Waals surface area contributed by atoms with Crippen LogP contribution in [0.5, 0.6) is 0 Å². The van der Waals surface area contributed by atoms with E-state index in [2.05, 4.69) is 10.4 Å². The number of imidazole rings is 1. The van der Waals surface area contributed by atoms with E-state index in [1.54, 1.807) is 6.33 Å². The van der Waals surface area contributed by atoms with Crippen molar-refractivity contribution in [1.82, 2.24) is 15.0 Å². The van der Waals surface area contributed by atoms with E-state index in [1.165, 1.54) is 0 Å². The van der Waals surface area contributed by atoms with Gasteiger partial charge in [0.1, 0.15) is 0 Å². The van der Waals surface area contributed by atoms with Crippen LogP contribution in [0, 0.1) is 0 Å². The average molecular weight is 204 g/mol. The second kappa shape index (κ2) is 3.70. The molecule has 78 valence electrons. The number of fused-ring (bicyclic) bond motifs is 1. The molecule has 0 radical (unpaired) electrons. The number of hydrogen-bond donors (Lipinski definition) is 2. The van der Waals surface area contributed by atoms with Gasteiger partial charge in [0, 0.05) is 7.05 Å². The third-order valence-corrected chi connectivity index (χ3v) is 2.32. The number of hydrogen-bond acceptors (Lipinski definition) is 3. The van der Waals surface area contributed by atoms with Crippen LogP contribution in [-0.4, -0.2) is 15.5 Å². The first-order valence-electron chi connectivity index (χ1n) is 4.60. The number of carbonyl (C=O) groups excluding carboxylic acids is 1. The summed E-state index contributed by atoms with van der Waals surface area (Å²) in [5.41, 5.74) is 4.95. The van der Waals surface area contributed by atoms with Crippen molar-refractivity contribution in [2.45, 2.75) is 6.42 Å². The lowest BCUT2D eigenvalue weighted by Crippen LogP contribution is -2.31. The van der Waals surface area contributed by atoms with E-state index in [9.17, 15) is 4.79 Å². The van der Waals surface area contributed by atoms with Gasteiger partial charge in [0.25, 0.3) is 0 Å². The van der Waals surface area contributed by atoms with Crippen LogP contribution in [0.15, 0.2) is 24.5 Å². The first-order chi connectivity index (χ1) is 7.20. The number of hydrazine groups is 1. The molecule has 0 spiro atoms. The highest BCUT2D eigenvalue weighted by atomic mass is 16.2. The van der Waals surface area contributed by atoms with Crippen molar-refractivity contribution in [3.05, 3.63) is 30.1 Å². The lowest BCUT2D eigenvalue weighted by molar-refractivity contribution is -0.120. The molecule has 5 heteroatoms. The minimum Gasteiger partial charge on any atom is -0.334 e. The highest BCUT2D eigenvalue weighted by molar-refractivity contribution is 5.81. The van der Waals surface area contributed by atoms with E-state index in [-0.39, 0.29) is 12.3 Å². The molecule has 0 atom stereocenters. The third-order valence-electron chi connectivity index (χ3n) is 2.32. The van der Waals surface area contributed by atoms with Gasteiger partial charge in [-0.05, 0) is 17.7 Å². The van der Waals surface area contributed by atoms with Gasteiger partial charge in [0.05, 0.1) is 23.8 Å². The van der Waals surface area contributed by atoms with Crippen molar-refractivity contribution in [2.24, 2.45) is 12.9 Å². The Morgan fingerprint density at radius 1 is 1.60 bits per heavy atom. The molecule has 3 N–H and O–H groups in total. The first kappa shape index (κ1) is 9.67. The largest absolute Gasteiger partial charge is 0.334 e. The molecule has 0 unspecified atom stereocenters. The Kier molecular flexibility index (Phi) is 2.39. The summed E-state index contributed by atoms with van der Waals surface area (Å²) in [6, 6.07) is 5.74. The van der Waals surface area contributed by atoms with Gasteiger partial charge in [0.2, 0.25) is 5.91 Å². The van der Waals surface area contributed by atoms with Gasteiger partial charge in [-0.25, -0.2) is 10.8 Å². The topological polar surface area (TPSA) is 72.9 Å². The predicted molar refractivity (Wildman–Crippen MR) is 56.7 cm³/mol. The number of nitrogens with two attached hydrogens (primary N) is 1. The summed E-state index contributed by atoms with van der Waals surface area (Å²) >= 11 is 0. The normalized spacial score (nSPS) is 10.5. The van der Waals surface area contributed by atoms with Crippen molar-refractivity contribution < 1.29 is 4.79 Å². The quantitative estimate of drug-likeness (QED) is 0.414. The maximum absolute atomic E-state index is 11.1. The van der Waals surface area contributed by atoms with E-state index in [0.29, 0.717) is 0 Å². The number of rotatable bonds is 2. The van der Waals surface area contributed by atoms with Gasteiger partial charge >= 0.3 is 0 Å². The standard InChI is InChI=1S/C10H12N4O/c1-14-6-12-8-4-7(2-3-9(8)14)5-10(15)13-11/h2-4,6H,5,11H2,1H3,(H,13,15). The minimum atomic E-state index is -0.203. The Bertz CT molecular complexity index is 503. The molecule has 0 saturated heterocycles. The van der Waals surface area contributed by atoms with Gasteiger partial charge in [-0.1, -0.05) is 6.07 Å². The van der Waals surface area contributed by atoms with Crippen LogP contribution in [-0.2, 0) is 18.3 Å². The Balaban J connectivity index is 2.35. The number of nitrogens with one attached hydrogen (secondary N) is 1. The zero-order valence-corrected chi connectivity index (χ0v) is 8.40. The molecule has 0 aliphatic carbocycles. The number of aromatic nitrogens is 2. The van der Waals surface area contributed by atoms with E-state index >= 15 is 0 Å². The summed E-state index contributed by atoms with van der Waals surface area (Å²) in [5, 5.41) is 0. The van der Waals surface area contributed by atoms with Crippen molar-refractivity contribution in [1.29, 1.82) is 0 Å². The van der Waals surface area contributed by atoms with Crippen LogP contribution in [0.4, 0.5) is 0 Å². The molecule has 0 fully saturated rings. The Labute approximate surface area is 86.9 Å². The van der Waals surface area contributed by atoms with Crippen LogP contribution in [0.25, 0.3) is 11.0 Å². The van der Waals surface area contributed by atoms with Gasteiger partial charge in [-0.15, -0.1) is 0 Å². The summed E-state index contributed by atoms with van der Waals surface area (Å²) in [6.45, 7) is 0. The Morgan fingerprint density at radius 2 is 2.40 bits per heavy atom. The summed E-state index contributed by atoms with van der Waals surface area (Å²) in [7, 11) is 1.93. The number of carbonyl (C=O) groups is 1. The molecule has 1 amide bonds. The maximum atomic E-state index is 11.1. The SMILES string of the molecule is Cn1cnc2cc(CC(=O)NN)ccc21. The van der Waals surface area contributed by atoms with Crippen LogP contribution in [0.3, 0.4) is 0 Å². The fourth-order valence-electron chi connectivity index (χ4n) is 1.53. The molecule has 5 nitrogen and oxygen atoms in total. The molecule has 1 aromatic carbocycles. The molecule has 0 aliphatic rings. The molecular formula is C10H12N4O. The van der Waals surface area contributed by atoms with E-state index in [0.717, 1.165) is 16.6 Å². The van der Waals surface area contributed by atoms with E-state index < -0.39 is 0 Å². The fourth-order valence-corrected chi connectivity index (χ4v) is 1.53. The molecule has 1 heterocycles. The summed E-state index contributed by atoms with van der Waals surface area (Å²) in [4.78, 5) is 15.3. The van der Waals surface area contributed by atoms with Crippen molar-refractivity contribution >= 4 is 16.9 Å². The van der Waals surface area contributed by atoms with Crippen LogP contribution in [0.2, 0.25) is 0 Å². The van der Waals surface area contributed by atoms with Crippen LogP contribution in [0.1, 0.15) is 5.56 Å². The zero-order valence-electron chi connectivity index (χ0n) is 8.40.